The number of carbonyl (C=O) groups is 2. The Morgan fingerprint density at radius 1 is 1.47 bits per heavy atom. The second kappa shape index (κ2) is 5.36. The van der Waals surface area contributed by atoms with Crippen molar-refractivity contribution in [2.24, 2.45) is 0 Å². The summed E-state index contributed by atoms with van der Waals surface area (Å²) in [5, 5.41) is 12.2. The van der Waals surface area contributed by atoms with Crippen LogP contribution < -0.4 is 5.32 Å². The Hall–Kier alpha value is -1.30. The summed E-state index contributed by atoms with van der Waals surface area (Å²) in [6.45, 7) is 4.75. The van der Waals surface area contributed by atoms with E-state index in [-0.39, 0.29) is 18.2 Å². The number of nitrogens with one attached hydrogen (secondary N) is 1. The summed E-state index contributed by atoms with van der Waals surface area (Å²) in [7, 11) is 0. The van der Waals surface area contributed by atoms with E-state index < -0.39 is 11.5 Å². The zero-order valence-corrected chi connectivity index (χ0v) is 11.5. The Kier molecular flexibility index (Phi) is 3.99. The van der Waals surface area contributed by atoms with Crippen LogP contribution in [0.2, 0.25) is 0 Å². The maximum Gasteiger partial charge on any atom is 0.329 e. The van der Waals surface area contributed by atoms with Crippen molar-refractivity contribution in [3.63, 3.8) is 0 Å². The molecule has 0 saturated carbocycles. The Morgan fingerprint density at radius 3 is 2.79 bits per heavy atom. The van der Waals surface area contributed by atoms with Crippen LogP contribution in [0, 0.1) is 0 Å². The monoisotopic (exact) mass is 270 g/mol. The molecule has 0 aliphatic carbocycles. The van der Waals surface area contributed by atoms with Crippen LogP contribution in [0.25, 0.3) is 0 Å². The summed E-state index contributed by atoms with van der Waals surface area (Å²) >= 11 is 0. The minimum Gasteiger partial charge on any atom is -0.480 e. The predicted octanol–water partition coefficient (Wildman–Crippen LogP) is 1.20. The summed E-state index contributed by atoms with van der Waals surface area (Å²) in [6.07, 6.45) is 3.23. The standard InChI is InChI=1S/C13H22N2O4/c1-9(10-5-3-8-19-10)14-12(18)15-7-4-6-13(15,2)11(16)17/h9-10H,3-8H2,1-2H3,(H,14,18)(H,16,17). The SMILES string of the molecule is CC(NC(=O)N1CCCC1(C)C(=O)O)C1CCCO1. The zero-order chi connectivity index (χ0) is 14.0. The van der Waals surface area contributed by atoms with Gasteiger partial charge in [0.25, 0.3) is 0 Å². The number of hydrogen-bond acceptors (Lipinski definition) is 3. The van der Waals surface area contributed by atoms with Crippen molar-refractivity contribution < 1.29 is 19.4 Å². The van der Waals surface area contributed by atoms with Gasteiger partial charge in [-0.25, -0.2) is 9.59 Å². The molecule has 0 radical (unpaired) electrons. The van der Waals surface area contributed by atoms with Gasteiger partial charge in [-0.05, 0) is 39.5 Å². The van der Waals surface area contributed by atoms with E-state index in [2.05, 4.69) is 5.32 Å². The Balaban J connectivity index is 1.97. The number of ether oxygens (including phenoxy) is 1. The summed E-state index contributed by atoms with van der Waals surface area (Å²) < 4.78 is 5.53. The maximum atomic E-state index is 12.2. The Bertz CT molecular complexity index is 368. The first kappa shape index (κ1) is 14.1. The van der Waals surface area contributed by atoms with E-state index >= 15 is 0 Å². The van der Waals surface area contributed by atoms with Crippen LogP contribution in [0.3, 0.4) is 0 Å². The van der Waals surface area contributed by atoms with Crippen LogP contribution in [0.1, 0.15) is 39.5 Å². The van der Waals surface area contributed by atoms with Gasteiger partial charge in [0.15, 0.2) is 0 Å². The summed E-state index contributed by atoms with van der Waals surface area (Å²) in [6, 6.07) is -0.390. The molecule has 2 heterocycles. The number of rotatable bonds is 3. The van der Waals surface area contributed by atoms with Gasteiger partial charge >= 0.3 is 12.0 Å². The fourth-order valence-corrected chi connectivity index (χ4v) is 2.87. The molecule has 108 valence electrons. The lowest BCUT2D eigenvalue weighted by molar-refractivity contribution is -0.147. The fourth-order valence-electron chi connectivity index (χ4n) is 2.87. The lowest BCUT2D eigenvalue weighted by atomic mass is 10.00. The molecule has 2 amide bonds. The minimum atomic E-state index is -1.08. The third-order valence-corrected chi connectivity index (χ3v) is 4.22. The molecular weight excluding hydrogens is 248 g/mol. The number of carbonyl (C=O) groups excluding carboxylic acids is 1. The lowest BCUT2D eigenvalue weighted by Crippen LogP contribution is -2.56. The van der Waals surface area contributed by atoms with Gasteiger partial charge in [-0.15, -0.1) is 0 Å². The van der Waals surface area contributed by atoms with Crippen LogP contribution in [0.5, 0.6) is 0 Å². The van der Waals surface area contributed by atoms with Gasteiger partial charge < -0.3 is 20.1 Å². The molecule has 0 spiro atoms. The van der Waals surface area contributed by atoms with E-state index in [0.717, 1.165) is 25.9 Å². The van der Waals surface area contributed by atoms with E-state index in [1.807, 2.05) is 6.92 Å². The summed E-state index contributed by atoms with van der Waals surface area (Å²) in [5.74, 6) is -0.940. The topological polar surface area (TPSA) is 78.9 Å². The van der Waals surface area contributed by atoms with E-state index in [9.17, 15) is 14.7 Å². The van der Waals surface area contributed by atoms with Crippen LogP contribution in [0.15, 0.2) is 0 Å². The van der Waals surface area contributed by atoms with Crippen molar-refractivity contribution in [1.82, 2.24) is 10.2 Å². The Labute approximate surface area is 113 Å². The number of carboxylic acids is 1. The lowest BCUT2D eigenvalue weighted by Gasteiger charge is -2.33. The molecule has 0 aromatic rings. The molecule has 2 N–H and O–H groups in total. The van der Waals surface area contributed by atoms with E-state index in [0.29, 0.717) is 13.0 Å². The highest BCUT2D eigenvalue weighted by molar-refractivity contribution is 5.86. The highest BCUT2D eigenvalue weighted by Gasteiger charge is 2.46. The molecule has 6 nitrogen and oxygen atoms in total. The molecule has 2 rings (SSSR count). The smallest absolute Gasteiger partial charge is 0.329 e. The van der Waals surface area contributed by atoms with Crippen LogP contribution in [0.4, 0.5) is 4.79 Å². The van der Waals surface area contributed by atoms with Crippen molar-refractivity contribution in [3.05, 3.63) is 0 Å². The maximum absolute atomic E-state index is 12.2. The molecule has 2 aliphatic heterocycles. The van der Waals surface area contributed by atoms with Gasteiger partial charge in [0.2, 0.25) is 0 Å². The highest BCUT2D eigenvalue weighted by Crippen LogP contribution is 2.29. The molecule has 0 aromatic carbocycles. The van der Waals surface area contributed by atoms with Crippen LogP contribution in [-0.2, 0) is 9.53 Å². The number of carboxylic acid groups (broad SMARTS) is 1. The largest absolute Gasteiger partial charge is 0.480 e. The Morgan fingerprint density at radius 2 is 2.21 bits per heavy atom. The third kappa shape index (κ3) is 2.68. The average molecular weight is 270 g/mol. The summed E-state index contributed by atoms with van der Waals surface area (Å²) in [5.41, 5.74) is -1.08. The quantitative estimate of drug-likeness (QED) is 0.807. The normalized spacial score (nSPS) is 32.3. The number of nitrogens with zero attached hydrogens (tertiary/aromatic N) is 1. The molecule has 3 atom stereocenters. The number of hydrogen-bond donors (Lipinski definition) is 2. The van der Waals surface area contributed by atoms with Crippen molar-refractivity contribution in [2.75, 3.05) is 13.2 Å². The van der Waals surface area contributed by atoms with Gasteiger partial charge in [0.05, 0.1) is 12.1 Å². The molecule has 3 unspecified atom stereocenters. The van der Waals surface area contributed by atoms with Crippen molar-refractivity contribution in [1.29, 1.82) is 0 Å². The fraction of sp³-hybridized carbons (Fsp3) is 0.846. The minimum absolute atomic E-state index is 0.0441. The first-order valence-electron chi connectivity index (χ1n) is 6.88. The van der Waals surface area contributed by atoms with Crippen LogP contribution >= 0.6 is 0 Å². The molecule has 2 aliphatic rings. The molecular formula is C13H22N2O4. The molecule has 19 heavy (non-hydrogen) atoms. The van der Waals surface area contributed by atoms with Crippen LogP contribution in [-0.4, -0.2) is 52.8 Å². The number of amides is 2. The first-order valence-corrected chi connectivity index (χ1v) is 6.88. The van der Waals surface area contributed by atoms with E-state index in [4.69, 9.17) is 4.74 Å². The molecule has 0 bridgehead atoms. The van der Waals surface area contributed by atoms with Crippen molar-refractivity contribution in [2.45, 2.75) is 57.2 Å². The van der Waals surface area contributed by atoms with E-state index in [1.54, 1.807) is 6.92 Å². The third-order valence-electron chi connectivity index (χ3n) is 4.22. The predicted molar refractivity (Wildman–Crippen MR) is 68.9 cm³/mol. The number of aliphatic carboxylic acids is 1. The van der Waals surface area contributed by atoms with Gasteiger partial charge in [0.1, 0.15) is 5.54 Å². The molecule has 6 heteroatoms. The molecule has 0 aromatic heterocycles. The molecule has 2 saturated heterocycles. The summed E-state index contributed by atoms with van der Waals surface area (Å²) in [4.78, 5) is 25.0. The van der Waals surface area contributed by atoms with Crippen molar-refractivity contribution >= 4 is 12.0 Å². The first-order chi connectivity index (χ1) is 8.95. The number of likely N-dealkylation sites (tertiary alicyclic amines) is 1. The molecule has 2 fully saturated rings. The van der Waals surface area contributed by atoms with Gasteiger partial charge in [-0.2, -0.15) is 0 Å². The number of urea groups is 1. The zero-order valence-electron chi connectivity index (χ0n) is 11.5. The van der Waals surface area contributed by atoms with Gasteiger partial charge in [-0.3, -0.25) is 0 Å². The van der Waals surface area contributed by atoms with Gasteiger partial charge in [-0.1, -0.05) is 0 Å². The van der Waals surface area contributed by atoms with Crippen molar-refractivity contribution in [3.8, 4) is 0 Å². The second-order valence-electron chi connectivity index (χ2n) is 5.62. The van der Waals surface area contributed by atoms with Gasteiger partial charge in [0, 0.05) is 13.2 Å². The average Bonchev–Trinajstić information content (AvgIpc) is 2.97. The highest BCUT2D eigenvalue weighted by atomic mass is 16.5. The van der Waals surface area contributed by atoms with E-state index in [1.165, 1.54) is 4.90 Å². The second-order valence-corrected chi connectivity index (χ2v) is 5.62.